The first-order chi connectivity index (χ1) is 6.59. The van der Waals surface area contributed by atoms with Crippen LogP contribution in [0.3, 0.4) is 0 Å². The van der Waals surface area contributed by atoms with Gasteiger partial charge in [0.2, 0.25) is 5.88 Å². The standard InChI is InChI=1S/C10H15FN2O/c1-7(2)9-4-10(13-6-12-9)14-5-8(3)11/h4,6-8H,5H2,1-3H3. The van der Waals surface area contributed by atoms with Gasteiger partial charge < -0.3 is 4.74 Å². The minimum absolute atomic E-state index is 0.0363. The van der Waals surface area contributed by atoms with Crippen molar-refractivity contribution in [1.29, 1.82) is 0 Å². The number of ether oxygens (including phenoxy) is 1. The Balaban J connectivity index is 2.64. The van der Waals surface area contributed by atoms with Crippen LogP contribution in [0, 0.1) is 0 Å². The average molecular weight is 198 g/mol. The molecule has 0 aliphatic heterocycles. The highest BCUT2D eigenvalue weighted by atomic mass is 19.1. The number of nitrogens with zero attached hydrogens (tertiary/aromatic N) is 2. The maximum Gasteiger partial charge on any atom is 0.216 e. The lowest BCUT2D eigenvalue weighted by atomic mass is 10.1. The summed E-state index contributed by atoms with van der Waals surface area (Å²) in [4.78, 5) is 7.97. The van der Waals surface area contributed by atoms with Crippen molar-refractivity contribution >= 4 is 0 Å². The van der Waals surface area contributed by atoms with E-state index >= 15 is 0 Å². The van der Waals surface area contributed by atoms with Crippen LogP contribution in [0.5, 0.6) is 5.88 Å². The predicted molar refractivity (Wildman–Crippen MR) is 52.2 cm³/mol. The lowest BCUT2D eigenvalue weighted by Crippen LogP contribution is -2.09. The molecule has 0 bridgehead atoms. The number of alkyl halides is 1. The van der Waals surface area contributed by atoms with E-state index in [1.54, 1.807) is 6.07 Å². The maximum atomic E-state index is 12.5. The van der Waals surface area contributed by atoms with Crippen LogP contribution in [0.4, 0.5) is 4.39 Å². The van der Waals surface area contributed by atoms with Crippen LogP contribution in [-0.2, 0) is 0 Å². The van der Waals surface area contributed by atoms with Crippen molar-refractivity contribution in [2.45, 2.75) is 32.9 Å². The molecule has 14 heavy (non-hydrogen) atoms. The summed E-state index contributed by atoms with van der Waals surface area (Å²) in [7, 11) is 0. The summed E-state index contributed by atoms with van der Waals surface area (Å²) in [6.45, 7) is 5.55. The summed E-state index contributed by atoms with van der Waals surface area (Å²) >= 11 is 0. The van der Waals surface area contributed by atoms with E-state index in [1.807, 2.05) is 13.8 Å². The Morgan fingerprint density at radius 1 is 1.36 bits per heavy atom. The first-order valence-corrected chi connectivity index (χ1v) is 4.68. The molecule has 4 heteroatoms. The molecule has 78 valence electrons. The molecule has 1 aromatic heterocycles. The molecule has 0 amide bonds. The molecule has 1 aromatic rings. The van der Waals surface area contributed by atoms with Crippen molar-refractivity contribution in [3.63, 3.8) is 0 Å². The van der Waals surface area contributed by atoms with Gasteiger partial charge >= 0.3 is 0 Å². The second-order valence-corrected chi connectivity index (χ2v) is 3.53. The Hall–Kier alpha value is -1.19. The Morgan fingerprint density at radius 2 is 2.07 bits per heavy atom. The first-order valence-electron chi connectivity index (χ1n) is 4.68. The van der Waals surface area contributed by atoms with E-state index in [4.69, 9.17) is 4.74 Å². The highest BCUT2D eigenvalue weighted by Gasteiger charge is 2.05. The fourth-order valence-electron chi connectivity index (χ4n) is 0.948. The molecule has 0 saturated carbocycles. The van der Waals surface area contributed by atoms with Crippen molar-refractivity contribution in [2.75, 3.05) is 6.61 Å². The van der Waals surface area contributed by atoms with Gasteiger partial charge in [0.1, 0.15) is 19.1 Å². The summed E-state index contributed by atoms with van der Waals surface area (Å²) in [5.41, 5.74) is 0.904. The minimum atomic E-state index is -0.979. The maximum absolute atomic E-state index is 12.5. The highest BCUT2D eigenvalue weighted by molar-refractivity contribution is 5.15. The molecule has 0 aromatic carbocycles. The van der Waals surface area contributed by atoms with Gasteiger partial charge in [-0.1, -0.05) is 13.8 Å². The van der Waals surface area contributed by atoms with Crippen LogP contribution in [0.25, 0.3) is 0 Å². The van der Waals surface area contributed by atoms with Gasteiger partial charge in [-0.05, 0) is 12.8 Å². The van der Waals surface area contributed by atoms with Gasteiger partial charge in [-0.25, -0.2) is 14.4 Å². The van der Waals surface area contributed by atoms with Crippen LogP contribution in [0.15, 0.2) is 12.4 Å². The molecule has 1 rings (SSSR count). The summed E-state index contributed by atoms with van der Waals surface area (Å²) in [5.74, 6) is 0.761. The predicted octanol–water partition coefficient (Wildman–Crippen LogP) is 2.34. The minimum Gasteiger partial charge on any atom is -0.474 e. The summed E-state index contributed by atoms with van der Waals surface area (Å²) in [6.07, 6.45) is 0.459. The molecule has 1 atom stereocenters. The van der Waals surface area contributed by atoms with Crippen LogP contribution < -0.4 is 4.74 Å². The molecular weight excluding hydrogens is 183 g/mol. The molecule has 1 unspecified atom stereocenters. The normalized spacial score (nSPS) is 12.9. The van der Waals surface area contributed by atoms with Crippen LogP contribution in [0.1, 0.15) is 32.4 Å². The average Bonchev–Trinajstić information content (AvgIpc) is 2.15. The zero-order valence-corrected chi connectivity index (χ0v) is 8.70. The molecule has 0 saturated heterocycles. The van der Waals surface area contributed by atoms with Crippen LogP contribution >= 0.6 is 0 Å². The molecule has 0 aliphatic rings. The molecule has 3 nitrogen and oxygen atoms in total. The molecule has 0 radical (unpaired) electrons. The van der Waals surface area contributed by atoms with E-state index in [2.05, 4.69) is 9.97 Å². The SMILES string of the molecule is CC(F)COc1cc(C(C)C)ncn1. The van der Waals surface area contributed by atoms with Gasteiger partial charge in [-0.15, -0.1) is 0 Å². The Kier molecular flexibility index (Phi) is 3.80. The number of aromatic nitrogens is 2. The lowest BCUT2D eigenvalue weighted by Gasteiger charge is -2.08. The van der Waals surface area contributed by atoms with Crippen molar-refractivity contribution < 1.29 is 9.13 Å². The summed E-state index contributed by atoms with van der Waals surface area (Å²) < 4.78 is 17.6. The fourth-order valence-corrected chi connectivity index (χ4v) is 0.948. The Bertz CT molecular complexity index is 289. The molecule has 0 N–H and O–H groups in total. The van der Waals surface area contributed by atoms with E-state index in [1.165, 1.54) is 13.3 Å². The number of hydrogen-bond donors (Lipinski definition) is 0. The van der Waals surface area contributed by atoms with Gasteiger partial charge in [-0.3, -0.25) is 0 Å². The molecular formula is C10H15FN2O. The van der Waals surface area contributed by atoms with Crippen LogP contribution in [0.2, 0.25) is 0 Å². The molecule has 0 spiro atoms. The summed E-state index contributed by atoms with van der Waals surface area (Å²) in [5, 5.41) is 0. The highest BCUT2D eigenvalue weighted by Crippen LogP contribution is 2.15. The van der Waals surface area contributed by atoms with E-state index in [0.717, 1.165) is 5.69 Å². The molecule has 0 fully saturated rings. The molecule has 0 aliphatic carbocycles. The number of rotatable bonds is 4. The number of halogens is 1. The van der Waals surface area contributed by atoms with Gasteiger partial charge in [-0.2, -0.15) is 0 Å². The second kappa shape index (κ2) is 4.88. The van der Waals surface area contributed by atoms with Gasteiger partial charge in [0.05, 0.1) is 5.69 Å². The van der Waals surface area contributed by atoms with Crippen LogP contribution in [-0.4, -0.2) is 22.7 Å². The monoisotopic (exact) mass is 198 g/mol. The Morgan fingerprint density at radius 3 is 2.64 bits per heavy atom. The van der Waals surface area contributed by atoms with E-state index in [-0.39, 0.29) is 6.61 Å². The Labute approximate surface area is 83.3 Å². The lowest BCUT2D eigenvalue weighted by molar-refractivity contribution is 0.203. The topological polar surface area (TPSA) is 35.0 Å². The summed E-state index contributed by atoms with van der Waals surface area (Å²) in [6, 6.07) is 1.74. The zero-order valence-electron chi connectivity index (χ0n) is 8.70. The number of hydrogen-bond acceptors (Lipinski definition) is 3. The van der Waals surface area contributed by atoms with Gasteiger partial charge in [0, 0.05) is 6.07 Å². The largest absolute Gasteiger partial charge is 0.474 e. The van der Waals surface area contributed by atoms with Crippen molar-refractivity contribution in [2.24, 2.45) is 0 Å². The van der Waals surface area contributed by atoms with E-state index < -0.39 is 6.17 Å². The quantitative estimate of drug-likeness (QED) is 0.744. The van der Waals surface area contributed by atoms with Crippen molar-refractivity contribution in [3.05, 3.63) is 18.1 Å². The first kappa shape index (κ1) is 10.9. The third-order valence-electron chi connectivity index (χ3n) is 1.72. The smallest absolute Gasteiger partial charge is 0.216 e. The van der Waals surface area contributed by atoms with Crippen molar-refractivity contribution in [1.82, 2.24) is 9.97 Å². The molecule has 1 heterocycles. The van der Waals surface area contributed by atoms with Crippen molar-refractivity contribution in [3.8, 4) is 5.88 Å². The second-order valence-electron chi connectivity index (χ2n) is 3.53. The fraction of sp³-hybridized carbons (Fsp3) is 0.600. The third kappa shape index (κ3) is 3.28. The van der Waals surface area contributed by atoms with E-state index in [0.29, 0.717) is 11.8 Å². The zero-order chi connectivity index (χ0) is 10.6. The van der Waals surface area contributed by atoms with Gasteiger partial charge in [0.25, 0.3) is 0 Å². The van der Waals surface area contributed by atoms with Gasteiger partial charge in [0.15, 0.2) is 0 Å². The van der Waals surface area contributed by atoms with E-state index in [9.17, 15) is 4.39 Å². The third-order valence-corrected chi connectivity index (χ3v) is 1.72.